The van der Waals surface area contributed by atoms with Crippen molar-refractivity contribution >= 4 is 42.0 Å². The third kappa shape index (κ3) is 3.89. The zero-order valence-electron chi connectivity index (χ0n) is 26.2. The highest BCUT2D eigenvalue weighted by Gasteiger charge is 2.37. The Balaban J connectivity index is 1.23. The molecule has 2 atom stereocenters. The SMILES string of the molecule is CC(C)(C)c1cc2c3c(c1)C=CC1C(C4=c5cccc(-c6cc7c(c8c6=CCCC=8)C=CCC7)c5=CCC4)=CC=C(C=C2)C31. The van der Waals surface area contributed by atoms with Gasteiger partial charge in [-0.2, -0.15) is 0 Å². The first-order chi connectivity index (χ1) is 21.5. The Morgan fingerprint density at radius 3 is 2.39 bits per heavy atom. The smallest absolute Gasteiger partial charge is 0.0205 e. The van der Waals surface area contributed by atoms with E-state index in [0.29, 0.717) is 11.8 Å². The van der Waals surface area contributed by atoms with Crippen LogP contribution in [0.15, 0.2) is 77.9 Å². The molecule has 0 saturated heterocycles. The molecule has 0 nitrogen and oxygen atoms in total. The lowest BCUT2D eigenvalue weighted by Crippen LogP contribution is -2.38. The third-order valence-electron chi connectivity index (χ3n) is 11.0. The molecule has 0 spiro atoms. The second-order valence-electron chi connectivity index (χ2n) is 14.5. The molecular weight excluding hydrogens is 528 g/mol. The summed E-state index contributed by atoms with van der Waals surface area (Å²) >= 11 is 0. The van der Waals surface area contributed by atoms with Gasteiger partial charge in [-0.25, -0.2) is 0 Å². The van der Waals surface area contributed by atoms with Crippen LogP contribution in [0.2, 0.25) is 0 Å². The number of rotatable bonds is 2. The Kier molecular flexibility index (Phi) is 5.77. The topological polar surface area (TPSA) is 0 Å². The van der Waals surface area contributed by atoms with E-state index < -0.39 is 0 Å². The summed E-state index contributed by atoms with van der Waals surface area (Å²) in [6, 6.07) is 14.5. The predicted molar refractivity (Wildman–Crippen MR) is 189 cm³/mol. The summed E-state index contributed by atoms with van der Waals surface area (Å²) in [5.74, 6) is 0.780. The molecule has 3 aromatic rings. The zero-order chi connectivity index (χ0) is 29.6. The van der Waals surface area contributed by atoms with Crippen LogP contribution < -0.4 is 20.9 Å². The van der Waals surface area contributed by atoms with Crippen LogP contribution in [-0.2, 0) is 11.8 Å². The highest BCUT2D eigenvalue weighted by atomic mass is 14.4. The largest absolute Gasteiger partial charge is 0.0836 e. The summed E-state index contributed by atoms with van der Waals surface area (Å²) < 4.78 is 0. The standard InChI is InChI=1S/C44H40/c1-44(2,3)31-24-29-19-18-27-20-22-39(40-23-21-30(25-31)42(29)43(27)40)36-16-8-15-35-34(36)14-9-17-38(35)41-26-28-10-4-5-11-32(28)33-12-6-7-13-37(33)41/h5,9,11-15,17-26,40,43H,4,6-8,10,16H2,1-3H3. The monoisotopic (exact) mass is 568 g/mol. The Morgan fingerprint density at radius 1 is 0.705 bits per heavy atom. The molecule has 0 radical (unpaired) electrons. The normalized spacial score (nSPS) is 21.9. The van der Waals surface area contributed by atoms with Crippen molar-refractivity contribution in [3.8, 4) is 11.1 Å². The van der Waals surface area contributed by atoms with E-state index in [9.17, 15) is 0 Å². The number of allylic oxidation sites excluding steroid dienone is 7. The van der Waals surface area contributed by atoms with Crippen LogP contribution in [0.5, 0.6) is 0 Å². The molecule has 0 aliphatic heterocycles. The average molecular weight is 569 g/mol. The predicted octanol–water partition coefficient (Wildman–Crippen LogP) is 8.01. The Morgan fingerprint density at radius 2 is 1.52 bits per heavy atom. The van der Waals surface area contributed by atoms with Crippen LogP contribution in [0.4, 0.5) is 0 Å². The minimum Gasteiger partial charge on any atom is -0.0836 e. The minimum atomic E-state index is 0.136. The van der Waals surface area contributed by atoms with Gasteiger partial charge in [0, 0.05) is 11.8 Å². The van der Waals surface area contributed by atoms with Crippen LogP contribution in [0.1, 0.15) is 92.2 Å². The lowest BCUT2D eigenvalue weighted by Gasteiger charge is -2.39. The van der Waals surface area contributed by atoms with Crippen molar-refractivity contribution in [1.82, 2.24) is 0 Å². The van der Waals surface area contributed by atoms with Crippen LogP contribution in [0.3, 0.4) is 0 Å². The highest BCUT2D eigenvalue weighted by Crippen LogP contribution is 2.51. The minimum absolute atomic E-state index is 0.136. The van der Waals surface area contributed by atoms with Gasteiger partial charge >= 0.3 is 0 Å². The van der Waals surface area contributed by atoms with Crippen LogP contribution >= 0.6 is 0 Å². The van der Waals surface area contributed by atoms with Crippen molar-refractivity contribution in [1.29, 1.82) is 0 Å². The lowest BCUT2D eigenvalue weighted by atomic mass is 9.64. The quantitative estimate of drug-likeness (QED) is 0.294. The summed E-state index contributed by atoms with van der Waals surface area (Å²) in [4.78, 5) is 0. The van der Waals surface area contributed by atoms with Gasteiger partial charge in [0.2, 0.25) is 0 Å². The van der Waals surface area contributed by atoms with Crippen molar-refractivity contribution in [2.45, 2.75) is 70.6 Å². The molecule has 0 saturated carbocycles. The van der Waals surface area contributed by atoms with E-state index >= 15 is 0 Å². The van der Waals surface area contributed by atoms with E-state index in [2.05, 4.69) is 124 Å². The molecule has 0 fully saturated rings. The zero-order valence-corrected chi connectivity index (χ0v) is 26.2. The molecule has 44 heavy (non-hydrogen) atoms. The molecule has 216 valence electrons. The molecular formula is C44H40. The third-order valence-corrected chi connectivity index (χ3v) is 11.0. The fraction of sp³-hybridized carbons (Fsp3) is 0.273. The van der Waals surface area contributed by atoms with Crippen LogP contribution in [0.25, 0.3) is 53.2 Å². The average Bonchev–Trinajstić information content (AvgIpc) is 3.05. The summed E-state index contributed by atoms with van der Waals surface area (Å²) in [6.45, 7) is 6.98. The first-order valence-electron chi connectivity index (χ1n) is 16.8. The van der Waals surface area contributed by atoms with E-state index in [1.54, 1.807) is 5.57 Å². The summed E-state index contributed by atoms with van der Waals surface area (Å²) in [6.07, 6.45) is 33.6. The van der Waals surface area contributed by atoms with Gasteiger partial charge in [-0.15, -0.1) is 0 Å². The molecule has 0 bridgehead atoms. The molecule has 6 aliphatic carbocycles. The van der Waals surface area contributed by atoms with Crippen LogP contribution in [-0.4, -0.2) is 0 Å². The van der Waals surface area contributed by atoms with Gasteiger partial charge in [0.05, 0.1) is 0 Å². The van der Waals surface area contributed by atoms with Crippen molar-refractivity contribution in [2.75, 3.05) is 0 Å². The summed E-state index contributed by atoms with van der Waals surface area (Å²) in [5, 5.41) is 5.79. The maximum absolute atomic E-state index is 2.53. The van der Waals surface area contributed by atoms with Crippen LogP contribution in [0, 0.1) is 5.92 Å². The van der Waals surface area contributed by atoms with E-state index in [4.69, 9.17) is 0 Å². The fourth-order valence-electron chi connectivity index (χ4n) is 8.80. The molecule has 0 heteroatoms. The summed E-state index contributed by atoms with van der Waals surface area (Å²) in [5.41, 5.74) is 16.3. The Hall–Kier alpha value is -4.16. The molecule has 2 unspecified atom stereocenters. The van der Waals surface area contributed by atoms with Gasteiger partial charge < -0.3 is 0 Å². The highest BCUT2D eigenvalue weighted by molar-refractivity contribution is 5.81. The van der Waals surface area contributed by atoms with Gasteiger partial charge in [-0.1, -0.05) is 118 Å². The van der Waals surface area contributed by atoms with E-state index in [1.165, 1.54) is 76.5 Å². The second-order valence-corrected chi connectivity index (χ2v) is 14.5. The van der Waals surface area contributed by atoms with Gasteiger partial charge in [-0.05, 0) is 132 Å². The molecule has 9 rings (SSSR count). The molecule has 0 aromatic heterocycles. The first kappa shape index (κ1) is 26.3. The first-order valence-corrected chi connectivity index (χ1v) is 16.8. The van der Waals surface area contributed by atoms with Crippen molar-refractivity contribution in [2.24, 2.45) is 5.92 Å². The van der Waals surface area contributed by atoms with E-state index in [-0.39, 0.29) is 5.41 Å². The van der Waals surface area contributed by atoms with Gasteiger partial charge in [0.25, 0.3) is 0 Å². The number of fused-ring (bicyclic) bond motifs is 4. The number of benzene rings is 3. The van der Waals surface area contributed by atoms with Gasteiger partial charge in [-0.3, -0.25) is 0 Å². The molecule has 0 N–H and O–H groups in total. The fourth-order valence-corrected chi connectivity index (χ4v) is 8.80. The van der Waals surface area contributed by atoms with E-state index in [1.807, 2.05) is 0 Å². The molecule has 6 aliphatic rings. The number of aryl methyl sites for hydroxylation is 1. The van der Waals surface area contributed by atoms with E-state index in [0.717, 1.165) is 38.5 Å². The Labute approximate surface area is 261 Å². The Bertz CT molecular complexity index is 2200. The lowest BCUT2D eigenvalue weighted by molar-refractivity contribution is 0.586. The number of hydrogen-bond acceptors (Lipinski definition) is 0. The molecule has 0 amide bonds. The summed E-state index contributed by atoms with van der Waals surface area (Å²) in [7, 11) is 0. The van der Waals surface area contributed by atoms with Gasteiger partial charge in [0.1, 0.15) is 0 Å². The van der Waals surface area contributed by atoms with Crippen molar-refractivity contribution < 1.29 is 0 Å². The molecule has 3 aromatic carbocycles. The maximum atomic E-state index is 2.53. The second kappa shape index (κ2) is 9.67. The van der Waals surface area contributed by atoms with Crippen molar-refractivity contribution in [3.05, 3.63) is 132 Å². The number of hydrogen-bond donors (Lipinski definition) is 0. The molecule has 0 heterocycles. The van der Waals surface area contributed by atoms with Gasteiger partial charge in [0.15, 0.2) is 0 Å². The maximum Gasteiger partial charge on any atom is 0.0205 e. The van der Waals surface area contributed by atoms with Crippen molar-refractivity contribution in [3.63, 3.8) is 0 Å².